The highest BCUT2D eigenvalue weighted by Gasteiger charge is 2.17. The molecule has 0 atom stereocenters. The number of halogens is 1. The number of nitrogens with one attached hydrogen (secondary N) is 2. The number of rotatable bonds is 8. The van der Waals surface area contributed by atoms with Gasteiger partial charge >= 0.3 is 17.8 Å². The molecule has 140 valence electrons. The Morgan fingerprint density at radius 2 is 1.72 bits per heavy atom. The molecule has 0 aliphatic carbocycles. The van der Waals surface area contributed by atoms with Gasteiger partial charge in [-0.25, -0.2) is 4.79 Å². The van der Waals surface area contributed by atoms with Gasteiger partial charge in [0.1, 0.15) is 0 Å². The predicted octanol–water partition coefficient (Wildman–Crippen LogP) is 1.68. The molecule has 0 bridgehead atoms. The Hall–Kier alpha value is -2.12. The molecule has 0 radical (unpaired) electrons. The lowest BCUT2D eigenvalue weighted by Gasteiger charge is -2.17. The number of anilines is 1. The highest BCUT2D eigenvalue weighted by molar-refractivity contribution is 6.40. The maximum Gasteiger partial charge on any atom is 0.339 e. The van der Waals surface area contributed by atoms with E-state index in [1.54, 1.807) is 12.1 Å². The van der Waals surface area contributed by atoms with E-state index in [4.69, 9.17) is 0 Å². The largest absolute Gasteiger partial charge is 0.465 e. The van der Waals surface area contributed by atoms with Crippen molar-refractivity contribution in [2.24, 2.45) is 0 Å². The number of para-hydroxylation sites is 1. The van der Waals surface area contributed by atoms with Crippen LogP contribution in [0, 0.1) is 0 Å². The first-order valence-corrected chi connectivity index (χ1v) is 8.02. The number of carbonyl (C=O) groups is 3. The number of ether oxygens (including phenoxy) is 1. The maximum absolute atomic E-state index is 11.9. The molecule has 0 fully saturated rings. The molecule has 0 aliphatic rings. The Morgan fingerprint density at radius 3 is 2.32 bits per heavy atom. The lowest BCUT2D eigenvalue weighted by molar-refractivity contribution is -0.136. The second-order valence-electron chi connectivity index (χ2n) is 5.13. The summed E-state index contributed by atoms with van der Waals surface area (Å²) in [4.78, 5) is 37.6. The molecular formula is C17H26ClN3O4. The van der Waals surface area contributed by atoms with Crippen LogP contribution in [-0.2, 0) is 14.3 Å². The first kappa shape index (κ1) is 22.9. The van der Waals surface area contributed by atoms with Crippen LogP contribution in [0.5, 0.6) is 0 Å². The fraction of sp³-hybridized carbons (Fsp3) is 0.471. The fourth-order valence-electron chi connectivity index (χ4n) is 2.18. The van der Waals surface area contributed by atoms with Crippen molar-refractivity contribution in [3.05, 3.63) is 29.8 Å². The summed E-state index contributed by atoms with van der Waals surface area (Å²) >= 11 is 0. The molecule has 0 saturated carbocycles. The highest BCUT2D eigenvalue weighted by Crippen LogP contribution is 2.15. The molecule has 0 saturated heterocycles. The molecule has 8 heteroatoms. The summed E-state index contributed by atoms with van der Waals surface area (Å²) in [5, 5.41) is 5.01. The van der Waals surface area contributed by atoms with Crippen LogP contribution in [0.1, 0.15) is 30.6 Å². The van der Waals surface area contributed by atoms with Gasteiger partial charge in [-0.3, -0.25) is 9.59 Å². The molecule has 0 aromatic heterocycles. The molecule has 2 N–H and O–H groups in total. The van der Waals surface area contributed by atoms with Gasteiger partial charge < -0.3 is 20.3 Å². The lowest BCUT2D eigenvalue weighted by atomic mass is 10.2. The molecule has 1 rings (SSSR count). The number of hydrogen-bond acceptors (Lipinski definition) is 5. The minimum atomic E-state index is -0.811. The van der Waals surface area contributed by atoms with Crippen molar-refractivity contribution >= 4 is 35.9 Å². The van der Waals surface area contributed by atoms with E-state index < -0.39 is 17.8 Å². The Labute approximate surface area is 154 Å². The Kier molecular flexibility index (Phi) is 11.2. The predicted molar refractivity (Wildman–Crippen MR) is 99.1 cm³/mol. The van der Waals surface area contributed by atoms with Crippen molar-refractivity contribution < 1.29 is 19.1 Å². The molecule has 0 unspecified atom stereocenters. The zero-order chi connectivity index (χ0) is 17.9. The molecule has 0 aliphatic heterocycles. The summed E-state index contributed by atoms with van der Waals surface area (Å²) in [5.41, 5.74) is 0.440. The van der Waals surface area contributed by atoms with Gasteiger partial charge in [-0.15, -0.1) is 12.4 Å². The van der Waals surface area contributed by atoms with Crippen LogP contribution in [0.15, 0.2) is 24.3 Å². The average Bonchev–Trinajstić information content (AvgIpc) is 2.61. The Bertz CT molecular complexity index is 577. The van der Waals surface area contributed by atoms with E-state index >= 15 is 0 Å². The SMILES string of the molecule is CCN(CC)CCCNC(=O)C(=O)Nc1ccccc1C(=O)OC.Cl. The van der Waals surface area contributed by atoms with Crippen molar-refractivity contribution in [2.45, 2.75) is 20.3 Å². The third kappa shape index (κ3) is 7.53. The Balaban J connectivity index is 0.00000576. The number of hydrogen-bond donors (Lipinski definition) is 2. The van der Waals surface area contributed by atoms with Crippen molar-refractivity contribution in [1.29, 1.82) is 0 Å². The lowest BCUT2D eigenvalue weighted by Crippen LogP contribution is -2.37. The molecule has 2 amide bonds. The van der Waals surface area contributed by atoms with Crippen LogP contribution < -0.4 is 10.6 Å². The number of carbonyl (C=O) groups excluding carboxylic acids is 3. The van der Waals surface area contributed by atoms with Gasteiger partial charge in [0.2, 0.25) is 0 Å². The normalized spacial score (nSPS) is 9.92. The number of methoxy groups -OCH3 is 1. The number of esters is 1. The summed E-state index contributed by atoms with van der Waals surface area (Å²) in [6.07, 6.45) is 0.763. The zero-order valence-electron chi connectivity index (χ0n) is 14.8. The van der Waals surface area contributed by atoms with Crippen LogP contribution >= 0.6 is 12.4 Å². The first-order chi connectivity index (χ1) is 11.5. The molecule has 25 heavy (non-hydrogen) atoms. The summed E-state index contributed by atoms with van der Waals surface area (Å²) in [6.45, 7) is 7.34. The van der Waals surface area contributed by atoms with Gasteiger partial charge in [0.15, 0.2) is 0 Å². The summed E-state index contributed by atoms with van der Waals surface area (Å²) in [5.74, 6) is -2.12. The summed E-state index contributed by atoms with van der Waals surface area (Å²) in [7, 11) is 1.25. The van der Waals surface area contributed by atoms with Gasteiger partial charge in [-0.2, -0.15) is 0 Å². The average molecular weight is 372 g/mol. The monoisotopic (exact) mass is 371 g/mol. The Morgan fingerprint density at radius 1 is 1.08 bits per heavy atom. The fourth-order valence-corrected chi connectivity index (χ4v) is 2.18. The standard InChI is InChI=1S/C17H25N3O4.ClH/c1-4-20(5-2)12-8-11-18-15(21)16(22)19-14-10-7-6-9-13(14)17(23)24-3;/h6-7,9-10H,4-5,8,11-12H2,1-3H3,(H,18,21)(H,19,22);1H. The summed E-state index contributed by atoms with van der Waals surface area (Å²) < 4.78 is 4.65. The van der Waals surface area contributed by atoms with Gasteiger partial charge in [-0.1, -0.05) is 26.0 Å². The molecule has 0 spiro atoms. The van der Waals surface area contributed by atoms with Crippen LogP contribution in [0.25, 0.3) is 0 Å². The number of amides is 2. The zero-order valence-corrected chi connectivity index (χ0v) is 15.6. The third-order valence-electron chi connectivity index (χ3n) is 3.62. The van der Waals surface area contributed by atoms with Crippen LogP contribution in [0.3, 0.4) is 0 Å². The van der Waals surface area contributed by atoms with Crippen LogP contribution in [-0.4, -0.2) is 56.0 Å². The summed E-state index contributed by atoms with van der Waals surface area (Å²) in [6, 6.07) is 6.36. The molecule has 0 heterocycles. The van der Waals surface area contributed by atoms with Gasteiger partial charge in [0.25, 0.3) is 0 Å². The molecule has 1 aromatic rings. The smallest absolute Gasteiger partial charge is 0.339 e. The van der Waals surface area contributed by atoms with Gasteiger partial charge in [0.05, 0.1) is 18.4 Å². The van der Waals surface area contributed by atoms with E-state index in [1.165, 1.54) is 19.2 Å². The number of benzene rings is 1. The van der Waals surface area contributed by atoms with E-state index in [9.17, 15) is 14.4 Å². The van der Waals surface area contributed by atoms with E-state index in [2.05, 4.69) is 34.1 Å². The molecule has 1 aromatic carbocycles. The second kappa shape index (κ2) is 12.3. The van der Waals surface area contributed by atoms with Crippen molar-refractivity contribution in [2.75, 3.05) is 38.6 Å². The minimum Gasteiger partial charge on any atom is -0.465 e. The quantitative estimate of drug-likeness (QED) is 0.412. The van der Waals surface area contributed by atoms with Crippen LogP contribution in [0.4, 0.5) is 5.69 Å². The maximum atomic E-state index is 11.9. The number of nitrogens with zero attached hydrogens (tertiary/aromatic N) is 1. The van der Waals surface area contributed by atoms with Crippen molar-refractivity contribution in [1.82, 2.24) is 10.2 Å². The van der Waals surface area contributed by atoms with E-state index in [0.717, 1.165) is 26.1 Å². The van der Waals surface area contributed by atoms with Crippen LogP contribution in [0.2, 0.25) is 0 Å². The van der Waals surface area contributed by atoms with E-state index in [0.29, 0.717) is 6.54 Å². The van der Waals surface area contributed by atoms with Gasteiger partial charge in [-0.05, 0) is 38.2 Å². The van der Waals surface area contributed by atoms with Crippen molar-refractivity contribution in [3.8, 4) is 0 Å². The van der Waals surface area contributed by atoms with Crippen molar-refractivity contribution in [3.63, 3.8) is 0 Å². The minimum absolute atomic E-state index is 0. The van der Waals surface area contributed by atoms with Gasteiger partial charge in [0, 0.05) is 6.54 Å². The molecular weight excluding hydrogens is 346 g/mol. The topological polar surface area (TPSA) is 87.7 Å². The third-order valence-corrected chi connectivity index (χ3v) is 3.62. The second-order valence-corrected chi connectivity index (χ2v) is 5.13. The molecule has 7 nitrogen and oxygen atoms in total. The van der Waals surface area contributed by atoms with E-state index in [-0.39, 0.29) is 23.7 Å². The first-order valence-electron chi connectivity index (χ1n) is 8.02. The highest BCUT2D eigenvalue weighted by atomic mass is 35.5. The van der Waals surface area contributed by atoms with E-state index in [1.807, 2.05) is 0 Å².